The third-order valence-corrected chi connectivity index (χ3v) is 5.46. The van der Waals surface area contributed by atoms with Crippen LogP contribution in [0.15, 0.2) is 24.3 Å². The van der Waals surface area contributed by atoms with Gasteiger partial charge in [0, 0.05) is 44.5 Å². The van der Waals surface area contributed by atoms with Gasteiger partial charge in [-0.1, -0.05) is 12.1 Å². The van der Waals surface area contributed by atoms with Gasteiger partial charge in [0.2, 0.25) is 5.91 Å². The number of anilines is 1. The third-order valence-electron chi connectivity index (χ3n) is 5.46. The van der Waals surface area contributed by atoms with Crippen LogP contribution in [0.2, 0.25) is 0 Å². The first-order valence-corrected chi connectivity index (χ1v) is 9.58. The van der Waals surface area contributed by atoms with Gasteiger partial charge in [0.1, 0.15) is 0 Å². The van der Waals surface area contributed by atoms with Crippen LogP contribution in [0.5, 0.6) is 0 Å². The van der Waals surface area contributed by atoms with E-state index in [-0.39, 0.29) is 18.4 Å². The summed E-state index contributed by atoms with van der Waals surface area (Å²) in [5.74, 6) is -0.735. The van der Waals surface area contributed by atoms with Crippen molar-refractivity contribution < 1.29 is 14.7 Å². The first kappa shape index (κ1) is 18.7. The summed E-state index contributed by atoms with van der Waals surface area (Å²) in [6.45, 7) is 6.74. The number of hydrogen-bond donors (Lipinski definition) is 1. The number of piperazine rings is 1. The summed E-state index contributed by atoms with van der Waals surface area (Å²) in [6.07, 6.45) is 2.85. The molecular weight excluding hydrogens is 330 g/mol. The molecule has 0 radical (unpaired) electrons. The van der Waals surface area contributed by atoms with Gasteiger partial charge in [-0.2, -0.15) is 0 Å². The highest BCUT2D eigenvalue weighted by Crippen LogP contribution is 2.21. The van der Waals surface area contributed by atoms with E-state index >= 15 is 0 Å². The van der Waals surface area contributed by atoms with E-state index in [2.05, 4.69) is 41.0 Å². The number of amides is 1. The molecule has 6 heteroatoms. The minimum atomic E-state index is -0.818. The van der Waals surface area contributed by atoms with Crippen molar-refractivity contribution in [3.63, 3.8) is 0 Å². The normalized spacial score (nSPS) is 21.7. The Hall–Kier alpha value is -2.08. The monoisotopic (exact) mass is 359 g/mol. The smallest absolute Gasteiger partial charge is 0.305 e. The van der Waals surface area contributed by atoms with E-state index in [1.54, 1.807) is 0 Å². The number of rotatable bonds is 5. The first-order valence-electron chi connectivity index (χ1n) is 9.58. The molecule has 0 unspecified atom stereocenters. The van der Waals surface area contributed by atoms with Crippen LogP contribution in [-0.4, -0.2) is 72.1 Å². The molecular formula is C20H29N3O3. The van der Waals surface area contributed by atoms with E-state index in [0.29, 0.717) is 13.1 Å². The fraction of sp³-hybridized carbons (Fsp3) is 0.600. The van der Waals surface area contributed by atoms with E-state index in [0.717, 1.165) is 45.4 Å². The predicted molar refractivity (Wildman–Crippen MR) is 101 cm³/mol. The molecule has 0 spiro atoms. The highest BCUT2D eigenvalue weighted by molar-refractivity contribution is 5.79. The minimum Gasteiger partial charge on any atom is -0.481 e. The predicted octanol–water partition coefficient (Wildman–Crippen LogP) is 1.97. The van der Waals surface area contributed by atoms with Crippen molar-refractivity contribution in [2.24, 2.45) is 0 Å². The van der Waals surface area contributed by atoms with Crippen molar-refractivity contribution in [2.45, 2.75) is 38.6 Å². The van der Waals surface area contributed by atoms with Crippen molar-refractivity contribution >= 4 is 17.6 Å². The van der Waals surface area contributed by atoms with Gasteiger partial charge in [0.05, 0.1) is 13.0 Å². The fourth-order valence-electron chi connectivity index (χ4n) is 4.01. The molecule has 142 valence electrons. The van der Waals surface area contributed by atoms with Crippen LogP contribution in [0, 0.1) is 6.92 Å². The van der Waals surface area contributed by atoms with Gasteiger partial charge in [0.25, 0.3) is 0 Å². The average Bonchev–Trinajstić information content (AvgIpc) is 2.62. The molecule has 0 aliphatic carbocycles. The van der Waals surface area contributed by atoms with E-state index in [1.165, 1.54) is 11.3 Å². The molecule has 26 heavy (non-hydrogen) atoms. The van der Waals surface area contributed by atoms with Crippen molar-refractivity contribution in [3.05, 3.63) is 29.8 Å². The number of likely N-dealkylation sites (tertiary alicyclic amines) is 1. The van der Waals surface area contributed by atoms with Crippen LogP contribution in [0.4, 0.5) is 5.69 Å². The molecule has 2 heterocycles. The number of carbonyl (C=O) groups excluding carboxylic acids is 1. The van der Waals surface area contributed by atoms with Crippen LogP contribution < -0.4 is 4.90 Å². The Balaban J connectivity index is 1.52. The third kappa shape index (κ3) is 4.75. The molecule has 2 aliphatic rings. The molecule has 2 saturated heterocycles. The van der Waals surface area contributed by atoms with Gasteiger partial charge in [-0.3, -0.25) is 14.5 Å². The SMILES string of the molecule is Cc1cccc(N2CCN(CC(=O)N3CCCC[C@@H]3CC(=O)O)CC2)c1. The number of carbonyl (C=O) groups is 2. The molecule has 2 aliphatic heterocycles. The number of benzene rings is 1. The van der Waals surface area contributed by atoms with Gasteiger partial charge in [-0.25, -0.2) is 0 Å². The Morgan fingerprint density at radius 3 is 2.58 bits per heavy atom. The topological polar surface area (TPSA) is 64.1 Å². The van der Waals surface area contributed by atoms with Crippen molar-refractivity contribution in [3.8, 4) is 0 Å². The number of carboxylic acids is 1. The van der Waals surface area contributed by atoms with Crippen molar-refractivity contribution in [2.75, 3.05) is 44.2 Å². The summed E-state index contributed by atoms with van der Waals surface area (Å²) >= 11 is 0. The summed E-state index contributed by atoms with van der Waals surface area (Å²) in [6, 6.07) is 8.38. The molecule has 1 amide bonds. The Labute approximate surface area is 155 Å². The summed E-state index contributed by atoms with van der Waals surface area (Å²) in [7, 11) is 0. The standard InChI is InChI=1S/C20H29N3O3/c1-16-5-4-7-17(13-16)22-11-9-21(10-12-22)15-19(24)23-8-3-2-6-18(23)14-20(25)26/h4-5,7,13,18H,2-3,6,8-12,14-15H2,1H3,(H,25,26)/t18-/m1/s1. The molecule has 1 aromatic carbocycles. The maximum atomic E-state index is 12.7. The molecule has 2 fully saturated rings. The molecule has 0 saturated carbocycles. The summed E-state index contributed by atoms with van der Waals surface area (Å²) in [4.78, 5) is 30.2. The quantitative estimate of drug-likeness (QED) is 0.871. The van der Waals surface area contributed by atoms with Crippen molar-refractivity contribution in [1.29, 1.82) is 0 Å². The molecule has 6 nitrogen and oxygen atoms in total. The molecule has 1 atom stereocenters. The van der Waals surface area contributed by atoms with Crippen LogP contribution in [0.1, 0.15) is 31.2 Å². The largest absolute Gasteiger partial charge is 0.481 e. The maximum absolute atomic E-state index is 12.7. The lowest BCUT2D eigenvalue weighted by Crippen LogP contribution is -2.52. The zero-order valence-corrected chi connectivity index (χ0v) is 15.6. The summed E-state index contributed by atoms with van der Waals surface area (Å²) < 4.78 is 0. The van der Waals surface area contributed by atoms with Gasteiger partial charge in [0.15, 0.2) is 0 Å². The maximum Gasteiger partial charge on any atom is 0.305 e. The van der Waals surface area contributed by atoms with Gasteiger partial charge in [-0.05, 0) is 43.9 Å². The Kier molecular flexibility index (Phi) is 6.14. The highest BCUT2D eigenvalue weighted by atomic mass is 16.4. The zero-order chi connectivity index (χ0) is 18.5. The second-order valence-corrected chi connectivity index (χ2v) is 7.44. The molecule has 0 aromatic heterocycles. The average molecular weight is 359 g/mol. The Bertz CT molecular complexity index is 641. The van der Waals surface area contributed by atoms with E-state index in [4.69, 9.17) is 5.11 Å². The number of carboxylic acid groups (broad SMARTS) is 1. The van der Waals surface area contributed by atoms with E-state index in [9.17, 15) is 9.59 Å². The first-order chi connectivity index (χ1) is 12.5. The zero-order valence-electron chi connectivity index (χ0n) is 15.6. The number of nitrogens with zero attached hydrogens (tertiary/aromatic N) is 3. The van der Waals surface area contributed by atoms with E-state index < -0.39 is 5.97 Å². The lowest BCUT2D eigenvalue weighted by molar-refractivity contribution is -0.142. The van der Waals surface area contributed by atoms with Gasteiger partial charge < -0.3 is 14.9 Å². The fourth-order valence-corrected chi connectivity index (χ4v) is 4.01. The molecule has 0 bridgehead atoms. The number of piperidine rings is 1. The van der Waals surface area contributed by atoms with Crippen LogP contribution in [0.3, 0.4) is 0 Å². The lowest BCUT2D eigenvalue weighted by Gasteiger charge is -2.39. The van der Waals surface area contributed by atoms with Crippen LogP contribution >= 0.6 is 0 Å². The van der Waals surface area contributed by atoms with Crippen molar-refractivity contribution in [1.82, 2.24) is 9.80 Å². The second-order valence-electron chi connectivity index (χ2n) is 7.44. The number of hydrogen-bond acceptors (Lipinski definition) is 4. The van der Waals surface area contributed by atoms with Gasteiger partial charge >= 0.3 is 5.97 Å². The molecule has 1 aromatic rings. The van der Waals surface area contributed by atoms with E-state index in [1.807, 2.05) is 4.90 Å². The highest BCUT2D eigenvalue weighted by Gasteiger charge is 2.30. The van der Waals surface area contributed by atoms with Gasteiger partial charge in [-0.15, -0.1) is 0 Å². The van der Waals surface area contributed by atoms with Crippen LogP contribution in [0.25, 0.3) is 0 Å². The van der Waals surface area contributed by atoms with Crippen LogP contribution in [-0.2, 0) is 9.59 Å². The summed E-state index contributed by atoms with van der Waals surface area (Å²) in [5, 5.41) is 9.09. The molecule has 3 rings (SSSR count). The summed E-state index contributed by atoms with van der Waals surface area (Å²) in [5.41, 5.74) is 2.50. The minimum absolute atomic E-state index is 0.0624. The lowest BCUT2D eigenvalue weighted by atomic mass is 9.99. The Morgan fingerprint density at radius 2 is 1.88 bits per heavy atom. The number of aryl methyl sites for hydroxylation is 1. The number of aliphatic carboxylic acids is 1. The Morgan fingerprint density at radius 1 is 1.12 bits per heavy atom. The second kappa shape index (κ2) is 8.54. The molecule has 1 N–H and O–H groups in total.